The topological polar surface area (TPSA) is 78.0 Å². The number of hydrogen-bond donors (Lipinski definition) is 0. The quantitative estimate of drug-likeness (QED) is 0.479. The molecule has 30 heavy (non-hydrogen) atoms. The summed E-state index contributed by atoms with van der Waals surface area (Å²) in [6, 6.07) is 15.1. The first-order chi connectivity index (χ1) is 14.6. The van der Waals surface area contributed by atoms with Gasteiger partial charge in [0.25, 0.3) is 0 Å². The molecule has 1 aromatic heterocycles. The highest BCUT2D eigenvalue weighted by molar-refractivity contribution is 7.18. The van der Waals surface area contributed by atoms with Gasteiger partial charge < -0.3 is 19.1 Å². The first-order valence-electron chi connectivity index (χ1n) is 9.63. The van der Waals surface area contributed by atoms with Gasteiger partial charge in [-0.1, -0.05) is 30.3 Å². The van der Waals surface area contributed by atoms with Gasteiger partial charge in [-0.2, -0.15) is 0 Å². The highest BCUT2D eigenvalue weighted by Crippen LogP contribution is 2.26. The van der Waals surface area contributed by atoms with Crippen LogP contribution in [0.25, 0.3) is 10.2 Å². The molecule has 0 unspecified atom stereocenters. The molecule has 0 spiro atoms. The van der Waals surface area contributed by atoms with Crippen LogP contribution in [-0.4, -0.2) is 48.8 Å². The van der Waals surface area contributed by atoms with Gasteiger partial charge in [-0.25, -0.2) is 9.78 Å². The maximum atomic E-state index is 12.2. The molecule has 0 aliphatic carbocycles. The Labute approximate surface area is 179 Å². The number of hydrogen-bond acceptors (Lipinski definition) is 7. The van der Waals surface area contributed by atoms with Crippen molar-refractivity contribution in [1.82, 2.24) is 9.88 Å². The van der Waals surface area contributed by atoms with Crippen LogP contribution in [0.4, 0.5) is 4.79 Å². The number of fused-ring (bicyclic) bond motifs is 1. The Kier molecular flexibility index (Phi) is 7.62. The monoisotopic (exact) mass is 428 g/mol. The van der Waals surface area contributed by atoms with Crippen molar-refractivity contribution in [2.45, 2.75) is 20.0 Å². The molecule has 0 saturated heterocycles. The van der Waals surface area contributed by atoms with Crippen molar-refractivity contribution in [3.05, 3.63) is 59.1 Å². The van der Waals surface area contributed by atoms with E-state index in [1.54, 1.807) is 7.11 Å². The van der Waals surface area contributed by atoms with E-state index in [9.17, 15) is 9.59 Å². The van der Waals surface area contributed by atoms with Gasteiger partial charge in [0, 0.05) is 6.54 Å². The van der Waals surface area contributed by atoms with Crippen molar-refractivity contribution < 1.29 is 23.8 Å². The molecule has 0 fully saturated rings. The second kappa shape index (κ2) is 10.6. The lowest BCUT2D eigenvalue weighted by Gasteiger charge is -2.20. The van der Waals surface area contributed by atoms with Crippen LogP contribution in [0.3, 0.4) is 0 Å². The second-order valence-corrected chi connectivity index (χ2v) is 7.57. The Hall–Kier alpha value is -3.13. The summed E-state index contributed by atoms with van der Waals surface area (Å²) in [6.45, 7) is 2.89. The molecule has 0 aliphatic rings. The van der Waals surface area contributed by atoms with Gasteiger partial charge in [0.15, 0.2) is 0 Å². The van der Waals surface area contributed by atoms with E-state index in [0.717, 1.165) is 21.5 Å². The Morgan fingerprint density at radius 1 is 1.10 bits per heavy atom. The summed E-state index contributed by atoms with van der Waals surface area (Å²) in [6.07, 6.45) is -0.343. The minimum atomic E-state index is -0.433. The molecule has 1 amide bonds. The number of methoxy groups -OCH3 is 1. The van der Waals surface area contributed by atoms with E-state index in [2.05, 4.69) is 4.98 Å². The van der Waals surface area contributed by atoms with E-state index in [1.165, 1.54) is 16.2 Å². The van der Waals surface area contributed by atoms with Crippen LogP contribution in [0.2, 0.25) is 0 Å². The van der Waals surface area contributed by atoms with E-state index < -0.39 is 6.09 Å². The fourth-order valence-electron chi connectivity index (χ4n) is 2.79. The summed E-state index contributed by atoms with van der Waals surface area (Å²) in [5.74, 6) is 0.369. The molecule has 0 atom stereocenters. The number of ether oxygens (including phenoxy) is 3. The van der Waals surface area contributed by atoms with E-state index in [4.69, 9.17) is 14.2 Å². The third-order valence-corrected chi connectivity index (χ3v) is 5.42. The lowest BCUT2D eigenvalue weighted by atomic mass is 10.2. The predicted octanol–water partition coefficient (Wildman–Crippen LogP) is 4.05. The van der Waals surface area contributed by atoms with Crippen molar-refractivity contribution in [3.63, 3.8) is 0 Å². The van der Waals surface area contributed by atoms with Crippen molar-refractivity contribution in [1.29, 1.82) is 0 Å². The second-order valence-electron chi connectivity index (χ2n) is 6.46. The Morgan fingerprint density at radius 2 is 1.90 bits per heavy atom. The molecule has 8 heteroatoms. The molecular formula is C22H24N2O5S. The zero-order chi connectivity index (χ0) is 21.3. The lowest BCUT2D eigenvalue weighted by Crippen LogP contribution is -2.34. The smallest absolute Gasteiger partial charge is 0.410 e. The summed E-state index contributed by atoms with van der Waals surface area (Å²) in [5, 5.41) is 0.679. The van der Waals surface area contributed by atoms with Crippen LogP contribution in [0.1, 0.15) is 17.5 Å². The highest BCUT2D eigenvalue weighted by atomic mass is 32.1. The van der Waals surface area contributed by atoms with Gasteiger partial charge in [-0.3, -0.25) is 4.79 Å². The van der Waals surface area contributed by atoms with Gasteiger partial charge in [0.2, 0.25) is 0 Å². The molecule has 158 valence electrons. The molecule has 0 saturated carbocycles. The zero-order valence-corrected chi connectivity index (χ0v) is 17.8. The largest absolute Gasteiger partial charge is 0.497 e. The molecule has 2 aromatic carbocycles. The first kappa shape index (κ1) is 21.6. The fourth-order valence-corrected chi connectivity index (χ4v) is 3.77. The Morgan fingerprint density at radius 3 is 2.63 bits per heavy atom. The first-order valence-corrected chi connectivity index (χ1v) is 10.5. The molecule has 3 rings (SSSR count). The van der Waals surface area contributed by atoms with Crippen LogP contribution < -0.4 is 4.74 Å². The molecule has 7 nitrogen and oxygen atoms in total. The SMILES string of the molecule is CCN(CCOC(=O)Cc1nc2ccc(OC)cc2s1)C(=O)OCc1ccccc1. The number of amides is 1. The molecule has 1 heterocycles. The minimum Gasteiger partial charge on any atom is -0.497 e. The summed E-state index contributed by atoms with van der Waals surface area (Å²) < 4.78 is 16.8. The summed E-state index contributed by atoms with van der Waals surface area (Å²) in [5.41, 5.74) is 1.74. The molecule has 0 N–H and O–H groups in total. The third kappa shape index (κ3) is 5.93. The Bertz CT molecular complexity index is 990. The fraction of sp³-hybridized carbons (Fsp3) is 0.318. The maximum Gasteiger partial charge on any atom is 0.410 e. The van der Waals surface area contributed by atoms with Crippen molar-refractivity contribution >= 4 is 33.6 Å². The third-order valence-electron chi connectivity index (χ3n) is 4.40. The van der Waals surface area contributed by atoms with Crippen LogP contribution in [0.15, 0.2) is 48.5 Å². The van der Waals surface area contributed by atoms with E-state index >= 15 is 0 Å². The van der Waals surface area contributed by atoms with Crippen LogP contribution in [0, 0.1) is 0 Å². The lowest BCUT2D eigenvalue weighted by molar-refractivity contribution is -0.143. The molecule has 3 aromatic rings. The standard InChI is InChI=1S/C22H24N2O5S/c1-3-24(22(26)29-15-16-7-5-4-6-8-16)11-12-28-21(25)14-20-23-18-10-9-17(27-2)13-19(18)30-20/h4-10,13H,3,11-12,14-15H2,1-2H3. The molecule has 0 aliphatic heterocycles. The minimum absolute atomic E-state index is 0.0895. The summed E-state index contributed by atoms with van der Waals surface area (Å²) >= 11 is 1.43. The number of carbonyl (C=O) groups is 2. The van der Waals surface area contributed by atoms with Gasteiger partial charge in [0.1, 0.15) is 24.0 Å². The van der Waals surface area contributed by atoms with Crippen molar-refractivity contribution in [2.24, 2.45) is 0 Å². The van der Waals surface area contributed by atoms with Gasteiger partial charge in [-0.05, 0) is 30.7 Å². The maximum absolute atomic E-state index is 12.2. The van der Waals surface area contributed by atoms with E-state index in [-0.39, 0.29) is 32.1 Å². The highest BCUT2D eigenvalue weighted by Gasteiger charge is 2.15. The molecular weight excluding hydrogens is 404 g/mol. The average Bonchev–Trinajstić information content (AvgIpc) is 3.16. The van der Waals surface area contributed by atoms with Crippen molar-refractivity contribution in [3.8, 4) is 5.75 Å². The van der Waals surface area contributed by atoms with E-state index in [0.29, 0.717) is 11.6 Å². The normalized spacial score (nSPS) is 10.6. The van der Waals surface area contributed by atoms with Crippen LogP contribution in [-0.2, 0) is 27.3 Å². The summed E-state index contributed by atoms with van der Waals surface area (Å²) in [7, 11) is 1.61. The summed E-state index contributed by atoms with van der Waals surface area (Å²) in [4.78, 5) is 30.3. The Balaban J connectivity index is 1.43. The number of rotatable bonds is 9. The number of aromatic nitrogens is 1. The number of likely N-dealkylation sites (N-methyl/N-ethyl adjacent to an activating group) is 1. The van der Waals surface area contributed by atoms with Crippen LogP contribution >= 0.6 is 11.3 Å². The predicted molar refractivity (Wildman–Crippen MR) is 115 cm³/mol. The number of thiazole rings is 1. The van der Waals surface area contributed by atoms with E-state index in [1.807, 2.05) is 55.5 Å². The van der Waals surface area contributed by atoms with Gasteiger partial charge >= 0.3 is 12.1 Å². The number of benzene rings is 2. The van der Waals surface area contributed by atoms with Crippen molar-refractivity contribution in [2.75, 3.05) is 26.8 Å². The number of nitrogens with zero attached hydrogens (tertiary/aromatic N) is 2. The van der Waals surface area contributed by atoms with Crippen LogP contribution in [0.5, 0.6) is 5.75 Å². The zero-order valence-electron chi connectivity index (χ0n) is 17.0. The van der Waals surface area contributed by atoms with Gasteiger partial charge in [-0.15, -0.1) is 11.3 Å². The molecule has 0 bridgehead atoms. The number of esters is 1. The average molecular weight is 429 g/mol. The molecule has 0 radical (unpaired) electrons. The number of carbonyl (C=O) groups excluding carboxylic acids is 2. The van der Waals surface area contributed by atoms with Gasteiger partial charge in [0.05, 0.1) is 30.3 Å².